The maximum atomic E-state index is 5.56. The van der Waals surface area contributed by atoms with Crippen LogP contribution in [0.5, 0.6) is 5.75 Å². The Hall–Kier alpha value is -1.81. The van der Waals surface area contributed by atoms with E-state index in [2.05, 4.69) is 22.3 Å². The van der Waals surface area contributed by atoms with E-state index < -0.39 is 0 Å². The fourth-order valence-corrected chi connectivity index (χ4v) is 2.03. The van der Waals surface area contributed by atoms with Crippen molar-refractivity contribution >= 4 is 0 Å². The number of nitrogens with zero attached hydrogens (tertiary/aromatic N) is 1. The van der Waals surface area contributed by atoms with Crippen LogP contribution in [0.4, 0.5) is 0 Å². The van der Waals surface area contributed by atoms with Crippen LogP contribution >= 0.6 is 0 Å². The minimum atomic E-state index is 0.473. The van der Waals surface area contributed by atoms with Crippen molar-refractivity contribution in [1.29, 1.82) is 0 Å². The number of benzene rings is 1. The minimum Gasteiger partial charge on any atom is -0.496 e. The van der Waals surface area contributed by atoms with Gasteiger partial charge in [0.1, 0.15) is 5.75 Å². The molecule has 90 valence electrons. The molecule has 3 N–H and O–H groups in total. The molecule has 17 heavy (non-hydrogen) atoms. The highest BCUT2D eigenvalue weighted by Crippen LogP contribution is 2.29. The number of H-pyrrole nitrogens is 1. The SMILES string of the molecule is COc1c(C)cc(-c2cc(CN)[nH]n2)cc1C. The molecular formula is C13H17N3O. The molecule has 0 unspecified atom stereocenters. The standard InChI is InChI=1S/C13H17N3O/c1-8-4-10(5-9(2)13(8)17-3)12-6-11(7-14)15-16-12/h4-6H,7,14H2,1-3H3,(H,15,16). The van der Waals surface area contributed by atoms with Crippen molar-refractivity contribution in [3.63, 3.8) is 0 Å². The van der Waals surface area contributed by atoms with E-state index in [1.165, 1.54) is 0 Å². The lowest BCUT2D eigenvalue weighted by molar-refractivity contribution is 0.408. The van der Waals surface area contributed by atoms with E-state index in [0.717, 1.165) is 33.8 Å². The maximum Gasteiger partial charge on any atom is 0.124 e. The molecule has 0 bridgehead atoms. The summed E-state index contributed by atoms with van der Waals surface area (Å²) < 4.78 is 5.34. The summed E-state index contributed by atoms with van der Waals surface area (Å²) in [4.78, 5) is 0. The van der Waals surface area contributed by atoms with Gasteiger partial charge >= 0.3 is 0 Å². The van der Waals surface area contributed by atoms with Crippen molar-refractivity contribution in [3.05, 3.63) is 35.0 Å². The van der Waals surface area contributed by atoms with Crippen LogP contribution in [0.1, 0.15) is 16.8 Å². The molecule has 0 saturated heterocycles. The molecule has 4 heteroatoms. The van der Waals surface area contributed by atoms with Crippen LogP contribution in [0.3, 0.4) is 0 Å². The molecule has 1 aromatic carbocycles. The molecule has 0 amide bonds. The maximum absolute atomic E-state index is 5.56. The van der Waals surface area contributed by atoms with Gasteiger partial charge in [0.25, 0.3) is 0 Å². The summed E-state index contributed by atoms with van der Waals surface area (Å²) in [6.07, 6.45) is 0. The third kappa shape index (κ3) is 2.17. The molecule has 0 aliphatic carbocycles. The summed E-state index contributed by atoms with van der Waals surface area (Å²) in [6, 6.07) is 6.12. The van der Waals surface area contributed by atoms with Gasteiger partial charge in [0.15, 0.2) is 0 Å². The summed E-state index contributed by atoms with van der Waals surface area (Å²) in [7, 11) is 1.69. The Morgan fingerprint density at radius 1 is 1.24 bits per heavy atom. The highest BCUT2D eigenvalue weighted by Gasteiger charge is 2.09. The topological polar surface area (TPSA) is 63.9 Å². The Balaban J connectivity index is 2.46. The minimum absolute atomic E-state index is 0.473. The monoisotopic (exact) mass is 231 g/mol. The predicted molar refractivity (Wildman–Crippen MR) is 67.9 cm³/mol. The van der Waals surface area contributed by atoms with E-state index in [0.29, 0.717) is 6.54 Å². The third-order valence-corrected chi connectivity index (χ3v) is 2.81. The van der Waals surface area contributed by atoms with Crippen LogP contribution in [0.2, 0.25) is 0 Å². The second-order valence-electron chi connectivity index (χ2n) is 4.13. The molecule has 4 nitrogen and oxygen atoms in total. The first kappa shape index (κ1) is 11.7. The molecule has 0 aliphatic rings. The Labute approximate surface area is 101 Å². The number of aromatic amines is 1. The van der Waals surface area contributed by atoms with Crippen LogP contribution in [0.25, 0.3) is 11.3 Å². The van der Waals surface area contributed by atoms with Crippen LogP contribution in [-0.2, 0) is 6.54 Å². The van der Waals surface area contributed by atoms with Gasteiger partial charge in [0, 0.05) is 17.8 Å². The molecule has 0 spiro atoms. The Kier molecular flexibility index (Phi) is 3.15. The van der Waals surface area contributed by atoms with Gasteiger partial charge in [0.2, 0.25) is 0 Å². The summed E-state index contributed by atoms with van der Waals surface area (Å²) in [5.74, 6) is 0.934. The van der Waals surface area contributed by atoms with Crippen molar-refractivity contribution in [3.8, 4) is 17.0 Å². The zero-order valence-corrected chi connectivity index (χ0v) is 10.4. The molecule has 2 aromatic rings. The second-order valence-corrected chi connectivity index (χ2v) is 4.13. The van der Waals surface area contributed by atoms with Gasteiger partial charge in [-0.05, 0) is 43.2 Å². The first-order valence-electron chi connectivity index (χ1n) is 5.55. The normalized spacial score (nSPS) is 10.6. The first-order chi connectivity index (χ1) is 8.15. The number of aromatic nitrogens is 2. The molecule has 0 saturated carbocycles. The lowest BCUT2D eigenvalue weighted by atomic mass is 10.0. The zero-order valence-electron chi connectivity index (χ0n) is 10.4. The van der Waals surface area contributed by atoms with Crippen LogP contribution < -0.4 is 10.5 Å². The van der Waals surface area contributed by atoms with Crippen LogP contribution in [0.15, 0.2) is 18.2 Å². The second kappa shape index (κ2) is 4.59. The summed E-state index contributed by atoms with van der Waals surface area (Å²) >= 11 is 0. The number of ether oxygens (including phenoxy) is 1. The number of rotatable bonds is 3. The van der Waals surface area contributed by atoms with E-state index in [1.54, 1.807) is 7.11 Å². The first-order valence-corrected chi connectivity index (χ1v) is 5.55. The van der Waals surface area contributed by atoms with E-state index in [9.17, 15) is 0 Å². The van der Waals surface area contributed by atoms with E-state index >= 15 is 0 Å². The fraction of sp³-hybridized carbons (Fsp3) is 0.308. The largest absolute Gasteiger partial charge is 0.496 e. The van der Waals surface area contributed by atoms with Gasteiger partial charge in [-0.2, -0.15) is 5.10 Å². The molecule has 0 radical (unpaired) electrons. The number of nitrogens with one attached hydrogen (secondary N) is 1. The Bertz CT molecular complexity index is 508. The van der Waals surface area contributed by atoms with E-state index in [-0.39, 0.29) is 0 Å². The van der Waals surface area contributed by atoms with Crippen LogP contribution in [-0.4, -0.2) is 17.3 Å². The molecule has 2 rings (SSSR count). The molecule has 0 fully saturated rings. The van der Waals surface area contributed by atoms with Gasteiger partial charge in [0.05, 0.1) is 12.8 Å². The zero-order chi connectivity index (χ0) is 12.4. The number of hydrogen-bond donors (Lipinski definition) is 2. The molecule has 1 aromatic heterocycles. The predicted octanol–water partition coefficient (Wildman–Crippen LogP) is 2.16. The lowest BCUT2D eigenvalue weighted by Gasteiger charge is -2.09. The third-order valence-electron chi connectivity index (χ3n) is 2.81. The van der Waals surface area contributed by atoms with Crippen molar-refractivity contribution in [1.82, 2.24) is 10.2 Å². The average molecular weight is 231 g/mol. The van der Waals surface area contributed by atoms with Gasteiger partial charge in [-0.25, -0.2) is 0 Å². The van der Waals surface area contributed by atoms with Crippen molar-refractivity contribution in [2.24, 2.45) is 5.73 Å². The number of nitrogens with two attached hydrogens (primary N) is 1. The van der Waals surface area contributed by atoms with Gasteiger partial charge < -0.3 is 10.5 Å². The Morgan fingerprint density at radius 2 is 1.88 bits per heavy atom. The highest BCUT2D eigenvalue weighted by atomic mass is 16.5. The van der Waals surface area contributed by atoms with Gasteiger partial charge in [-0.3, -0.25) is 5.10 Å². The van der Waals surface area contributed by atoms with Crippen molar-refractivity contribution in [2.45, 2.75) is 20.4 Å². The number of aryl methyl sites for hydroxylation is 2. The van der Waals surface area contributed by atoms with E-state index in [1.807, 2.05) is 19.9 Å². The number of hydrogen-bond acceptors (Lipinski definition) is 3. The summed E-state index contributed by atoms with van der Waals surface area (Å²) in [5.41, 5.74) is 10.7. The van der Waals surface area contributed by atoms with Crippen LogP contribution in [0, 0.1) is 13.8 Å². The molecule has 1 heterocycles. The van der Waals surface area contributed by atoms with Gasteiger partial charge in [-0.1, -0.05) is 0 Å². The van der Waals surface area contributed by atoms with Crippen molar-refractivity contribution < 1.29 is 4.74 Å². The van der Waals surface area contributed by atoms with Crippen molar-refractivity contribution in [2.75, 3.05) is 7.11 Å². The lowest BCUT2D eigenvalue weighted by Crippen LogP contribution is -1.95. The Morgan fingerprint density at radius 3 is 2.35 bits per heavy atom. The molecule has 0 atom stereocenters. The quantitative estimate of drug-likeness (QED) is 0.850. The fourth-order valence-electron chi connectivity index (χ4n) is 2.03. The van der Waals surface area contributed by atoms with Gasteiger partial charge in [-0.15, -0.1) is 0 Å². The average Bonchev–Trinajstić information content (AvgIpc) is 2.77. The summed E-state index contributed by atoms with van der Waals surface area (Å²) in [5, 5.41) is 7.16. The smallest absolute Gasteiger partial charge is 0.124 e. The molecule has 0 aliphatic heterocycles. The number of methoxy groups -OCH3 is 1. The van der Waals surface area contributed by atoms with E-state index in [4.69, 9.17) is 10.5 Å². The summed E-state index contributed by atoms with van der Waals surface area (Å²) in [6.45, 7) is 4.54. The molecular weight excluding hydrogens is 214 g/mol. The highest BCUT2D eigenvalue weighted by molar-refractivity contribution is 5.64.